The molecule has 0 radical (unpaired) electrons. The molecule has 0 aromatic heterocycles. The second-order valence-electron chi connectivity index (χ2n) is 5.26. The number of hydrogen-bond acceptors (Lipinski definition) is 3. The highest BCUT2D eigenvalue weighted by atomic mass is 16.2. The van der Waals surface area contributed by atoms with Crippen molar-refractivity contribution in [3.8, 4) is 0 Å². The van der Waals surface area contributed by atoms with Crippen LogP contribution < -0.4 is 5.32 Å². The van der Waals surface area contributed by atoms with Gasteiger partial charge < -0.3 is 10.2 Å². The minimum absolute atomic E-state index is 0.141. The van der Waals surface area contributed by atoms with Crippen molar-refractivity contribution < 1.29 is 4.79 Å². The van der Waals surface area contributed by atoms with Crippen molar-refractivity contribution in [2.45, 2.75) is 19.0 Å². The number of nitrogens with one attached hydrogen (secondary N) is 1. The van der Waals surface area contributed by atoms with Crippen LogP contribution in [-0.2, 0) is 4.79 Å². The molecule has 1 fully saturated rings. The molecule has 1 saturated heterocycles. The normalized spacial score (nSPS) is 22.6. The van der Waals surface area contributed by atoms with Crippen molar-refractivity contribution in [1.82, 2.24) is 15.1 Å². The van der Waals surface area contributed by atoms with Crippen LogP contribution in [-0.4, -0.2) is 55.5 Å². The number of likely N-dealkylation sites (N-methyl/N-ethyl adjacent to an activating group) is 2. The van der Waals surface area contributed by atoms with Crippen molar-refractivity contribution in [3.05, 3.63) is 35.9 Å². The number of piperazine rings is 1. The molecule has 0 bridgehead atoms. The Balaban J connectivity index is 2.12. The van der Waals surface area contributed by atoms with E-state index in [1.807, 2.05) is 37.2 Å². The summed E-state index contributed by atoms with van der Waals surface area (Å²) in [6.07, 6.45) is 0. The van der Waals surface area contributed by atoms with Gasteiger partial charge in [-0.1, -0.05) is 30.3 Å². The van der Waals surface area contributed by atoms with E-state index in [0.29, 0.717) is 12.6 Å². The SMILES string of the molecule is CNCC1CN(C(C)c2ccccc2)C(=O)CN1C. The van der Waals surface area contributed by atoms with Gasteiger partial charge in [0.15, 0.2) is 0 Å². The number of rotatable bonds is 4. The molecule has 0 aliphatic carbocycles. The monoisotopic (exact) mass is 261 g/mol. The third kappa shape index (κ3) is 3.14. The van der Waals surface area contributed by atoms with Gasteiger partial charge in [-0.3, -0.25) is 9.69 Å². The minimum atomic E-state index is 0.141. The van der Waals surface area contributed by atoms with E-state index in [1.165, 1.54) is 5.56 Å². The summed E-state index contributed by atoms with van der Waals surface area (Å²) in [6.45, 7) is 4.30. The molecule has 104 valence electrons. The van der Waals surface area contributed by atoms with E-state index in [9.17, 15) is 4.79 Å². The van der Waals surface area contributed by atoms with Gasteiger partial charge in [0, 0.05) is 19.1 Å². The lowest BCUT2D eigenvalue weighted by molar-refractivity contribution is -0.140. The van der Waals surface area contributed by atoms with E-state index in [0.717, 1.165) is 13.1 Å². The van der Waals surface area contributed by atoms with E-state index in [1.54, 1.807) is 0 Å². The Morgan fingerprint density at radius 2 is 2.05 bits per heavy atom. The van der Waals surface area contributed by atoms with Crippen LogP contribution in [0.2, 0.25) is 0 Å². The van der Waals surface area contributed by atoms with Crippen molar-refractivity contribution in [1.29, 1.82) is 0 Å². The molecule has 1 amide bonds. The van der Waals surface area contributed by atoms with E-state index >= 15 is 0 Å². The van der Waals surface area contributed by atoms with Gasteiger partial charge in [-0.25, -0.2) is 0 Å². The Morgan fingerprint density at radius 1 is 1.37 bits per heavy atom. The molecule has 0 spiro atoms. The molecular formula is C15H23N3O. The molecule has 19 heavy (non-hydrogen) atoms. The lowest BCUT2D eigenvalue weighted by Gasteiger charge is -2.42. The van der Waals surface area contributed by atoms with Crippen LogP contribution >= 0.6 is 0 Å². The van der Waals surface area contributed by atoms with Gasteiger partial charge in [0.05, 0.1) is 12.6 Å². The first-order chi connectivity index (χ1) is 9.13. The molecule has 1 aliphatic heterocycles. The van der Waals surface area contributed by atoms with Crippen LogP contribution in [0.5, 0.6) is 0 Å². The maximum absolute atomic E-state index is 12.2. The molecule has 2 atom stereocenters. The van der Waals surface area contributed by atoms with Gasteiger partial charge >= 0.3 is 0 Å². The van der Waals surface area contributed by atoms with E-state index < -0.39 is 0 Å². The quantitative estimate of drug-likeness (QED) is 0.882. The van der Waals surface area contributed by atoms with Crippen molar-refractivity contribution >= 4 is 5.91 Å². The summed E-state index contributed by atoms with van der Waals surface area (Å²) < 4.78 is 0. The zero-order valence-electron chi connectivity index (χ0n) is 12.0. The predicted molar refractivity (Wildman–Crippen MR) is 76.9 cm³/mol. The van der Waals surface area contributed by atoms with Crippen LogP contribution in [0.1, 0.15) is 18.5 Å². The van der Waals surface area contributed by atoms with Crippen molar-refractivity contribution in [2.24, 2.45) is 0 Å². The van der Waals surface area contributed by atoms with E-state index in [-0.39, 0.29) is 11.9 Å². The summed E-state index contributed by atoms with van der Waals surface area (Å²) in [5.41, 5.74) is 1.20. The van der Waals surface area contributed by atoms with Crippen molar-refractivity contribution in [3.63, 3.8) is 0 Å². The number of hydrogen-bond donors (Lipinski definition) is 1. The molecule has 1 aliphatic rings. The average molecular weight is 261 g/mol. The summed E-state index contributed by atoms with van der Waals surface area (Å²) in [7, 11) is 3.97. The number of amides is 1. The molecule has 4 heteroatoms. The molecule has 1 N–H and O–H groups in total. The largest absolute Gasteiger partial charge is 0.333 e. The fourth-order valence-electron chi connectivity index (χ4n) is 2.64. The first-order valence-electron chi connectivity index (χ1n) is 6.82. The molecule has 2 unspecified atom stereocenters. The standard InChI is InChI=1S/C15H23N3O/c1-12(13-7-5-4-6-8-13)18-10-14(9-16-2)17(3)11-15(18)19/h4-8,12,14,16H,9-11H2,1-3H3. The smallest absolute Gasteiger partial charge is 0.237 e. The molecule has 1 heterocycles. The van der Waals surface area contributed by atoms with Crippen LogP contribution in [0.15, 0.2) is 30.3 Å². The van der Waals surface area contributed by atoms with Gasteiger partial charge in [-0.15, -0.1) is 0 Å². The molecule has 2 rings (SSSR count). The van der Waals surface area contributed by atoms with Gasteiger partial charge in [0.1, 0.15) is 0 Å². The van der Waals surface area contributed by atoms with Gasteiger partial charge in [-0.2, -0.15) is 0 Å². The topological polar surface area (TPSA) is 35.6 Å². The van der Waals surface area contributed by atoms with E-state index in [4.69, 9.17) is 0 Å². The zero-order chi connectivity index (χ0) is 13.8. The third-order valence-corrected chi connectivity index (χ3v) is 3.93. The van der Waals surface area contributed by atoms with Gasteiger partial charge in [0.2, 0.25) is 5.91 Å². The Kier molecular flexibility index (Phi) is 4.56. The molecule has 0 saturated carbocycles. The molecule has 1 aromatic rings. The fraction of sp³-hybridized carbons (Fsp3) is 0.533. The lowest BCUT2D eigenvalue weighted by atomic mass is 10.0. The molecule has 4 nitrogen and oxygen atoms in total. The Hall–Kier alpha value is -1.39. The highest BCUT2D eigenvalue weighted by Gasteiger charge is 2.32. The molecule has 1 aromatic carbocycles. The van der Waals surface area contributed by atoms with Crippen LogP contribution in [0.3, 0.4) is 0 Å². The minimum Gasteiger partial charge on any atom is -0.333 e. The number of carbonyl (C=O) groups is 1. The number of carbonyl (C=O) groups excluding carboxylic acids is 1. The Morgan fingerprint density at radius 3 is 2.68 bits per heavy atom. The first kappa shape index (κ1) is 14.0. The first-order valence-corrected chi connectivity index (χ1v) is 6.82. The van der Waals surface area contributed by atoms with Gasteiger partial charge in [-0.05, 0) is 26.6 Å². The predicted octanol–water partition coefficient (Wildman–Crippen LogP) is 1.11. The Labute approximate surface area is 115 Å². The van der Waals surface area contributed by atoms with E-state index in [2.05, 4.69) is 29.3 Å². The average Bonchev–Trinajstić information content (AvgIpc) is 2.42. The Bertz CT molecular complexity index is 421. The second-order valence-corrected chi connectivity index (χ2v) is 5.26. The summed E-state index contributed by atoms with van der Waals surface area (Å²) in [5, 5.41) is 3.20. The third-order valence-electron chi connectivity index (χ3n) is 3.93. The van der Waals surface area contributed by atoms with Crippen LogP contribution in [0.4, 0.5) is 0 Å². The highest BCUT2D eigenvalue weighted by molar-refractivity contribution is 5.79. The maximum atomic E-state index is 12.2. The lowest BCUT2D eigenvalue weighted by Crippen LogP contribution is -2.57. The van der Waals surface area contributed by atoms with Gasteiger partial charge in [0.25, 0.3) is 0 Å². The summed E-state index contributed by atoms with van der Waals surface area (Å²) in [4.78, 5) is 16.4. The fourth-order valence-corrected chi connectivity index (χ4v) is 2.64. The number of benzene rings is 1. The van der Waals surface area contributed by atoms with Crippen molar-refractivity contribution in [2.75, 3.05) is 33.7 Å². The summed E-state index contributed by atoms with van der Waals surface area (Å²) in [5.74, 6) is 0.214. The van der Waals surface area contributed by atoms with Crippen LogP contribution in [0, 0.1) is 0 Å². The summed E-state index contributed by atoms with van der Waals surface area (Å²) >= 11 is 0. The zero-order valence-corrected chi connectivity index (χ0v) is 12.0. The number of nitrogens with zero attached hydrogens (tertiary/aromatic N) is 2. The van der Waals surface area contributed by atoms with Crippen LogP contribution in [0.25, 0.3) is 0 Å². The summed E-state index contributed by atoms with van der Waals surface area (Å²) in [6, 6.07) is 10.8. The maximum Gasteiger partial charge on any atom is 0.237 e. The second kappa shape index (κ2) is 6.17. The molecular weight excluding hydrogens is 238 g/mol. The highest BCUT2D eigenvalue weighted by Crippen LogP contribution is 2.23.